The van der Waals surface area contributed by atoms with Crippen LogP contribution in [0.4, 0.5) is 11.4 Å². The molecule has 0 saturated heterocycles. The maximum absolute atomic E-state index is 13.5. The van der Waals surface area contributed by atoms with Gasteiger partial charge in [-0.2, -0.15) is 0 Å². The number of hydrogen-bond donors (Lipinski definition) is 2. The Kier molecular flexibility index (Phi) is 9.08. The van der Waals surface area contributed by atoms with Crippen LogP contribution in [0.15, 0.2) is 87.5 Å². The number of carbonyl (C=O) groups is 1. The van der Waals surface area contributed by atoms with Crippen LogP contribution in [-0.2, 0) is 9.84 Å². The number of rotatable bonds is 12. The first-order valence-corrected chi connectivity index (χ1v) is 13.6. The van der Waals surface area contributed by atoms with Crippen molar-refractivity contribution in [2.75, 3.05) is 31.7 Å². The predicted molar refractivity (Wildman–Crippen MR) is 141 cm³/mol. The normalized spacial score (nSPS) is 12.3. The van der Waals surface area contributed by atoms with E-state index in [9.17, 15) is 23.3 Å². The summed E-state index contributed by atoms with van der Waals surface area (Å²) in [6.45, 7) is 0.699. The number of hydrogen-bond acceptors (Lipinski definition) is 8. The first-order chi connectivity index (χ1) is 17.1. The molecule has 0 heterocycles. The fraction of sp³-hybridized carbons (Fsp3) is 0.240. The molecule has 0 aliphatic rings. The van der Waals surface area contributed by atoms with Gasteiger partial charge in [-0.1, -0.05) is 24.3 Å². The van der Waals surface area contributed by atoms with E-state index < -0.39 is 20.7 Å². The van der Waals surface area contributed by atoms with Gasteiger partial charge in [0.15, 0.2) is 0 Å². The topological polar surface area (TPSA) is 136 Å². The second-order valence-electron chi connectivity index (χ2n) is 8.36. The summed E-state index contributed by atoms with van der Waals surface area (Å²) in [6.07, 6.45) is 0.631. The van der Waals surface area contributed by atoms with Crippen molar-refractivity contribution in [2.24, 2.45) is 5.73 Å². The van der Waals surface area contributed by atoms with Crippen LogP contribution in [0.3, 0.4) is 0 Å². The Labute approximate surface area is 214 Å². The van der Waals surface area contributed by atoms with E-state index in [1.165, 1.54) is 42.5 Å². The molecular weight excluding hydrogens is 500 g/mol. The highest BCUT2D eigenvalue weighted by molar-refractivity contribution is 7.99. The van der Waals surface area contributed by atoms with Gasteiger partial charge in [-0.3, -0.25) is 14.9 Å². The molecule has 3 aromatic rings. The van der Waals surface area contributed by atoms with E-state index >= 15 is 0 Å². The van der Waals surface area contributed by atoms with E-state index in [4.69, 9.17) is 5.73 Å². The minimum atomic E-state index is -4.15. The van der Waals surface area contributed by atoms with E-state index in [0.717, 1.165) is 4.90 Å². The van der Waals surface area contributed by atoms with E-state index in [0.29, 0.717) is 18.7 Å². The second kappa shape index (κ2) is 12.0. The van der Waals surface area contributed by atoms with Crippen LogP contribution in [0.1, 0.15) is 16.8 Å². The predicted octanol–water partition coefficient (Wildman–Crippen LogP) is 4.05. The third-order valence-corrected chi connectivity index (χ3v) is 8.39. The van der Waals surface area contributed by atoms with Crippen molar-refractivity contribution in [1.82, 2.24) is 4.90 Å². The standard InChI is InChI=1S/C25H28N4O5S2/c1-28(2)16-15-19(17-35-20-7-4-3-5-8-20)27-24-22(29(31)32)9-6-10-23(24)36(33,34)21-13-11-18(12-14-21)25(26)30/h3-14,19,27H,15-17H2,1-2H3,(H2,26,30)/t19-/m1/s1. The van der Waals surface area contributed by atoms with Gasteiger partial charge in [-0.15, -0.1) is 11.8 Å². The molecule has 0 spiro atoms. The average molecular weight is 529 g/mol. The number of sulfone groups is 1. The van der Waals surface area contributed by atoms with E-state index in [-0.39, 0.29) is 32.8 Å². The summed E-state index contributed by atoms with van der Waals surface area (Å²) in [4.78, 5) is 25.4. The summed E-state index contributed by atoms with van der Waals surface area (Å²) in [7, 11) is -0.291. The molecule has 0 aliphatic carbocycles. The number of para-hydroxylation sites is 1. The van der Waals surface area contributed by atoms with Crippen LogP contribution in [0, 0.1) is 10.1 Å². The molecule has 9 nitrogen and oxygen atoms in total. The van der Waals surface area contributed by atoms with Crippen molar-refractivity contribution >= 4 is 38.9 Å². The minimum absolute atomic E-state index is 0.0566. The number of nitrogens with one attached hydrogen (secondary N) is 1. The molecule has 3 N–H and O–H groups in total. The third kappa shape index (κ3) is 6.84. The van der Waals surface area contributed by atoms with Gasteiger partial charge in [0.25, 0.3) is 5.69 Å². The molecule has 0 bridgehead atoms. The summed E-state index contributed by atoms with van der Waals surface area (Å²) >= 11 is 1.58. The third-order valence-electron chi connectivity index (χ3n) is 5.41. The summed E-state index contributed by atoms with van der Waals surface area (Å²) in [6, 6.07) is 18.6. The van der Waals surface area contributed by atoms with Crippen molar-refractivity contribution in [3.8, 4) is 0 Å². The number of thioether (sulfide) groups is 1. The number of primary amides is 1. The Morgan fingerprint density at radius 2 is 1.72 bits per heavy atom. The minimum Gasteiger partial charge on any atom is -0.375 e. The molecule has 3 aromatic carbocycles. The molecule has 0 aromatic heterocycles. The van der Waals surface area contributed by atoms with E-state index in [1.807, 2.05) is 49.3 Å². The Balaban J connectivity index is 2.01. The Morgan fingerprint density at radius 3 is 2.31 bits per heavy atom. The molecule has 36 heavy (non-hydrogen) atoms. The molecule has 1 amide bonds. The molecule has 0 unspecified atom stereocenters. The number of anilines is 1. The molecule has 0 saturated carbocycles. The lowest BCUT2D eigenvalue weighted by atomic mass is 10.2. The smallest absolute Gasteiger partial charge is 0.293 e. The highest BCUT2D eigenvalue weighted by Gasteiger charge is 2.29. The van der Waals surface area contributed by atoms with E-state index in [2.05, 4.69) is 5.32 Å². The number of benzene rings is 3. The molecular formula is C25H28N4O5S2. The first-order valence-electron chi connectivity index (χ1n) is 11.1. The Bertz CT molecular complexity index is 1310. The van der Waals surface area contributed by atoms with Crippen LogP contribution in [-0.4, -0.2) is 56.6 Å². The highest BCUT2D eigenvalue weighted by Crippen LogP contribution is 2.36. The number of nitro benzene ring substituents is 1. The fourth-order valence-corrected chi connectivity index (χ4v) is 5.93. The van der Waals surface area contributed by atoms with Crippen molar-refractivity contribution in [1.29, 1.82) is 0 Å². The van der Waals surface area contributed by atoms with Crippen molar-refractivity contribution in [2.45, 2.75) is 27.1 Å². The highest BCUT2D eigenvalue weighted by atomic mass is 32.2. The average Bonchev–Trinajstić information content (AvgIpc) is 2.86. The molecule has 3 rings (SSSR count). The van der Waals surface area contributed by atoms with Gasteiger partial charge in [0, 0.05) is 28.3 Å². The van der Waals surface area contributed by atoms with Crippen LogP contribution in [0.5, 0.6) is 0 Å². The largest absolute Gasteiger partial charge is 0.375 e. The first kappa shape index (κ1) is 27.2. The van der Waals surface area contributed by atoms with Crippen molar-refractivity contribution < 1.29 is 18.1 Å². The van der Waals surface area contributed by atoms with Crippen LogP contribution in [0.25, 0.3) is 0 Å². The van der Waals surface area contributed by atoms with Crippen LogP contribution in [0.2, 0.25) is 0 Å². The molecule has 0 radical (unpaired) electrons. The molecule has 0 aliphatic heterocycles. The second-order valence-corrected chi connectivity index (χ2v) is 11.4. The quantitative estimate of drug-likeness (QED) is 0.204. The number of nitrogens with two attached hydrogens (primary N) is 1. The fourth-order valence-electron chi connectivity index (χ4n) is 3.49. The van der Waals surface area contributed by atoms with E-state index in [1.54, 1.807) is 11.8 Å². The van der Waals surface area contributed by atoms with Gasteiger partial charge < -0.3 is 16.0 Å². The zero-order valence-corrected chi connectivity index (χ0v) is 21.6. The molecule has 11 heteroatoms. The van der Waals surface area contributed by atoms with Gasteiger partial charge in [0.2, 0.25) is 15.7 Å². The molecule has 1 atom stereocenters. The van der Waals surface area contributed by atoms with Gasteiger partial charge >= 0.3 is 0 Å². The Morgan fingerprint density at radius 1 is 1.06 bits per heavy atom. The number of amides is 1. The van der Waals surface area contributed by atoms with Crippen LogP contribution >= 0.6 is 11.8 Å². The van der Waals surface area contributed by atoms with Gasteiger partial charge in [-0.25, -0.2) is 8.42 Å². The van der Waals surface area contributed by atoms with Gasteiger partial charge in [0.1, 0.15) is 10.6 Å². The Hall–Kier alpha value is -3.41. The maximum atomic E-state index is 13.5. The SMILES string of the molecule is CN(C)CC[C@H](CSc1ccccc1)Nc1c([N+](=O)[O-])cccc1S(=O)(=O)c1ccc(C(N)=O)cc1. The maximum Gasteiger partial charge on any atom is 0.293 e. The summed E-state index contributed by atoms with van der Waals surface area (Å²) in [5, 5.41) is 15.1. The summed E-state index contributed by atoms with van der Waals surface area (Å²) in [5.41, 5.74) is 5.03. The lowest BCUT2D eigenvalue weighted by molar-refractivity contribution is -0.384. The summed E-state index contributed by atoms with van der Waals surface area (Å²) < 4.78 is 27.1. The number of nitrogens with zero attached hydrogens (tertiary/aromatic N) is 2. The zero-order chi connectivity index (χ0) is 26.3. The monoisotopic (exact) mass is 528 g/mol. The number of carbonyl (C=O) groups excluding carboxylic acids is 1. The van der Waals surface area contributed by atoms with Crippen molar-refractivity contribution in [3.05, 3.63) is 88.5 Å². The molecule has 0 fully saturated rings. The lowest BCUT2D eigenvalue weighted by Crippen LogP contribution is -2.29. The zero-order valence-electron chi connectivity index (χ0n) is 20.0. The molecule has 190 valence electrons. The lowest BCUT2D eigenvalue weighted by Gasteiger charge is -2.23. The van der Waals surface area contributed by atoms with Gasteiger partial charge in [-0.05, 0) is 69.5 Å². The van der Waals surface area contributed by atoms with Gasteiger partial charge in [0.05, 0.1) is 9.82 Å². The number of nitro groups is 1. The van der Waals surface area contributed by atoms with Crippen molar-refractivity contribution in [3.63, 3.8) is 0 Å². The summed E-state index contributed by atoms with van der Waals surface area (Å²) in [5.74, 6) is -0.118. The van der Waals surface area contributed by atoms with Crippen LogP contribution < -0.4 is 11.1 Å².